The maximum atomic E-state index is 12.9. The van der Waals surface area contributed by atoms with Crippen molar-refractivity contribution >= 4 is 5.91 Å². The second kappa shape index (κ2) is 7.44. The van der Waals surface area contributed by atoms with Gasteiger partial charge < -0.3 is 10.6 Å². The zero-order valence-electron chi connectivity index (χ0n) is 12.4. The van der Waals surface area contributed by atoms with Gasteiger partial charge in [0.15, 0.2) is 0 Å². The minimum absolute atomic E-state index is 0.191. The molecule has 0 saturated carbocycles. The van der Waals surface area contributed by atoms with E-state index in [1.54, 1.807) is 0 Å². The Kier molecular flexibility index (Phi) is 5.60. The van der Waals surface area contributed by atoms with Gasteiger partial charge in [0, 0.05) is 19.1 Å². The standard InChI is InChI=1S/C17H26N2O/c1-2-15-11-7-4-8-12-19(15)17(20)16(13-18)14-9-5-3-6-10-14/h3,5-6,9-10,15-16H,2,4,7-8,11-13,18H2,1H3. The van der Waals surface area contributed by atoms with Gasteiger partial charge in [-0.1, -0.05) is 50.1 Å². The number of nitrogens with two attached hydrogens (primary N) is 1. The number of nitrogens with zero attached hydrogens (tertiary/aromatic N) is 1. The normalized spacial score (nSPS) is 21.3. The van der Waals surface area contributed by atoms with E-state index in [1.165, 1.54) is 12.8 Å². The summed E-state index contributed by atoms with van der Waals surface area (Å²) in [7, 11) is 0. The van der Waals surface area contributed by atoms with Gasteiger partial charge in [0.25, 0.3) is 0 Å². The Labute approximate surface area is 122 Å². The first-order valence-corrected chi connectivity index (χ1v) is 7.83. The average Bonchev–Trinajstić information content (AvgIpc) is 2.74. The number of carbonyl (C=O) groups is 1. The van der Waals surface area contributed by atoms with Crippen molar-refractivity contribution in [2.24, 2.45) is 5.73 Å². The zero-order valence-corrected chi connectivity index (χ0v) is 12.4. The first-order chi connectivity index (χ1) is 9.77. The number of hydrogen-bond acceptors (Lipinski definition) is 2. The lowest BCUT2D eigenvalue weighted by molar-refractivity contribution is -0.135. The first-order valence-electron chi connectivity index (χ1n) is 7.83. The summed E-state index contributed by atoms with van der Waals surface area (Å²) in [5.41, 5.74) is 6.93. The quantitative estimate of drug-likeness (QED) is 0.917. The third-order valence-corrected chi connectivity index (χ3v) is 4.37. The maximum absolute atomic E-state index is 12.9. The van der Waals surface area contributed by atoms with Gasteiger partial charge in [-0.15, -0.1) is 0 Å². The Balaban J connectivity index is 2.18. The molecule has 1 heterocycles. The maximum Gasteiger partial charge on any atom is 0.231 e. The predicted octanol–water partition coefficient (Wildman–Crippen LogP) is 2.91. The lowest BCUT2D eigenvalue weighted by Crippen LogP contribution is -2.44. The molecular formula is C17H26N2O. The minimum atomic E-state index is -0.191. The highest BCUT2D eigenvalue weighted by atomic mass is 16.2. The van der Waals surface area contributed by atoms with Gasteiger partial charge in [0.1, 0.15) is 0 Å². The van der Waals surface area contributed by atoms with Gasteiger partial charge in [-0.2, -0.15) is 0 Å². The highest BCUT2D eigenvalue weighted by Gasteiger charge is 2.29. The van der Waals surface area contributed by atoms with Gasteiger partial charge in [-0.25, -0.2) is 0 Å². The molecular weight excluding hydrogens is 248 g/mol. The predicted molar refractivity (Wildman–Crippen MR) is 82.5 cm³/mol. The zero-order chi connectivity index (χ0) is 14.4. The van der Waals surface area contributed by atoms with Crippen molar-refractivity contribution < 1.29 is 4.79 Å². The topological polar surface area (TPSA) is 46.3 Å². The average molecular weight is 274 g/mol. The number of rotatable bonds is 4. The highest BCUT2D eigenvalue weighted by Crippen LogP contribution is 2.24. The van der Waals surface area contributed by atoms with E-state index in [0.29, 0.717) is 12.6 Å². The second-order valence-corrected chi connectivity index (χ2v) is 5.64. The van der Waals surface area contributed by atoms with Crippen LogP contribution in [0.2, 0.25) is 0 Å². The van der Waals surface area contributed by atoms with Gasteiger partial charge in [0.05, 0.1) is 5.92 Å². The summed E-state index contributed by atoms with van der Waals surface area (Å²) in [5, 5.41) is 0. The second-order valence-electron chi connectivity index (χ2n) is 5.64. The molecule has 1 aromatic rings. The third-order valence-electron chi connectivity index (χ3n) is 4.37. The minimum Gasteiger partial charge on any atom is -0.339 e. The van der Waals surface area contributed by atoms with Crippen LogP contribution in [0.15, 0.2) is 30.3 Å². The van der Waals surface area contributed by atoms with E-state index in [1.807, 2.05) is 30.3 Å². The summed E-state index contributed by atoms with van der Waals surface area (Å²) in [6, 6.07) is 10.3. The fraction of sp³-hybridized carbons (Fsp3) is 0.588. The molecule has 0 radical (unpaired) electrons. The van der Waals surface area contributed by atoms with E-state index in [-0.39, 0.29) is 11.8 Å². The molecule has 1 fully saturated rings. The van der Waals surface area contributed by atoms with Crippen LogP contribution in [0.25, 0.3) is 0 Å². The molecule has 1 aliphatic heterocycles. The molecule has 1 amide bonds. The molecule has 0 aliphatic carbocycles. The van der Waals surface area contributed by atoms with Crippen LogP contribution in [0.5, 0.6) is 0 Å². The Morgan fingerprint density at radius 3 is 2.70 bits per heavy atom. The molecule has 2 unspecified atom stereocenters. The highest BCUT2D eigenvalue weighted by molar-refractivity contribution is 5.84. The van der Waals surface area contributed by atoms with Crippen LogP contribution < -0.4 is 5.73 Å². The number of likely N-dealkylation sites (tertiary alicyclic amines) is 1. The number of benzene rings is 1. The Bertz CT molecular complexity index is 418. The molecule has 0 aromatic heterocycles. The fourth-order valence-electron chi connectivity index (χ4n) is 3.16. The van der Waals surface area contributed by atoms with E-state index >= 15 is 0 Å². The lowest BCUT2D eigenvalue weighted by Gasteiger charge is -2.32. The third kappa shape index (κ3) is 3.40. The van der Waals surface area contributed by atoms with E-state index in [9.17, 15) is 4.79 Å². The molecule has 0 bridgehead atoms. The Morgan fingerprint density at radius 2 is 2.05 bits per heavy atom. The van der Waals surface area contributed by atoms with E-state index in [0.717, 1.165) is 31.4 Å². The van der Waals surface area contributed by atoms with Crippen molar-refractivity contribution in [1.82, 2.24) is 4.90 Å². The summed E-state index contributed by atoms with van der Waals surface area (Å²) < 4.78 is 0. The SMILES string of the molecule is CCC1CCCCCN1C(=O)C(CN)c1ccccc1. The van der Waals surface area contributed by atoms with E-state index in [2.05, 4.69) is 11.8 Å². The molecule has 1 aromatic carbocycles. The molecule has 2 rings (SSSR count). The van der Waals surface area contributed by atoms with Crippen molar-refractivity contribution in [3.8, 4) is 0 Å². The lowest BCUT2D eigenvalue weighted by atomic mass is 9.96. The van der Waals surface area contributed by atoms with Crippen LogP contribution in [0.3, 0.4) is 0 Å². The van der Waals surface area contributed by atoms with Crippen molar-refractivity contribution in [3.63, 3.8) is 0 Å². The van der Waals surface area contributed by atoms with Gasteiger partial charge >= 0.3 is 0 Å². The van der Waals surface area contributed by atoms with Crippen LogP contribution in [-0.4, -0.2) is 29.9 Å². The van der Waals surface area contributed by atoms with Crippen molar-refractivity contribution in [3.05, 3.63) is 35.9 Å². The molecule has 3 heteroatoms. The summed E-state index contributed by atoms with van der Waals surface area (Å²) in [5.74, 6) is 0.0239. The molecule has 1 saturated heterocycles. The van der Waals surface area contributed by atoms with Gasteiger partial charge in [-0.3, -0.25) is 4.79 Å². The number of carbonyl (C=O) groups excluding carboxylic acids is 1. The Morgan fingerprint density at radius 1 is 1.30 bits per heavy atom. The van der Waals surface area contributed by atoms with Crippen LogP contribution in [0.4, 0.5) is 0 Å². The molecule has 20 heavy (non-hydrogen) atoms. The van der Waals surface area contributed by atoms with E-state index < -0.39 is 0 Å². The van der Waals surface area contributed by atoms with Crippen LogP contribution in [-0.2, 0) is 4.79 Å². The largest absolute Gasteiger partial charge is 0.339 e. The molecule has 3 nitrogen and oxygen atoms in total. The van der Waals surface area contributed by atoms with Crippen molar-refractivity contribution in [2.45, 2.75) is 51.0 Å². The molecule has 2 N–H and O–H groups in total. The fourth-order valence-corrected chi connectivity index (χ4v) is 3.16. The van der Waals surface area contributed by atoms with Crippen LogP contribution >= 0.6 is 0 Å². The first kappa shape index (κ1) is 15.0. The molecule has 2 atom stereocenters. The number of hydrogen-bond donors (Lipinski definition) is 1. The smallest absolute Gasteiger partial charge is 0.231 e. The summed E-state index contributed by atoms with van der Waals surface area (Å²) in [6.07, 6.45) is 5.76. The summed E-state index contributed by atoms with van der Waals surface area (Å²) in [6.45, 7) is 3.45. The Hall–Kier alpha value is -1.35. The van der Waals surface area contributed by atoms with Gasteiger partial charge in [-0.05, 0) is 24.8 Å². The summed E-state index contributed by atoms with van der Waals surface area (Å²) in [4.78, 5) is 15.0. The van der Waals surface area contributed by atoms with Crippen LogP contribution in [0, 0.1) is 0 Å². The number of amides is 1. The molecule has 1 aliphatic rings. The summed E-state index contributed by atoms with van der Waals surface area (Å²) >= 11 is 0. The monoisotopic (exact) mass is 274 g/mol. The van der Waals surface area contributed by atoms with Crippen molar-refractivity contribution in [2.75, 3.05) is 13.1 Å². The molecule has 110 valence electrons. The van der Waals surface area contributed by atoms with E-state index in [4.69, 9.17) is 5.73 Å². The van der Waals surface area contributed by atoms with Crippen molar-refractivity contribution in [1.29, 1.82) is 0 Å². The van der Waals surface area contributed by atoms with Gasteiger partial charge in [0.2, 0.25) is 5.91 Å². The van der Waals surface area contributed by atoms with Crippen LogP contribution in [0.1, 0.15) is 50.5 Å². The molecule has 0 spiro atoms.